The zero-order valence-corrected chi connectivity index (χ0v) is 22.6. The molecule has 0 N–H and O–H groups in total. The molecule has 6 aliphatic carbocycles. The molecule has 0 aliphatic heterocycles. The second kappa shape index (κ2) is 8.55. The van der Waals surface area contributed by atoms with Gasteiger partial charge in [0.1, 0.15) is 0 Å². The van der Waals surface area contributed by atoms with Crippen LogP contribution in [0.5, 0.6) is 0 Å². The molecule has 3 heteroatoms. The normalized spacial score (nSPS) is 33.4. The smallest absolute Gasteiger partial charge is 1.00 e. The van der Waals surface area contributed by atoms with E-state index in [1.165, 1.54) is 30.4 Å². The quantitative estimate of drug-likeness (QED) is 0.554. The molecule has 4 fully saturated rings. The van der Waals surface area contributed by atoms with E-state index < -0.39 is 23.2 Å². The topological polar surface area (TPSA) is 0 Å². The summed E-state index contributed by atoms with van der Waals surface area (Å²) in [6.45, 7) is 2.49. The van der Waals surface area contributed by atoms with Gasteiger partial charge in [-0.2, -0.15) is 0 Å². The maximum absolute atomic E-state index is 2.63. The molecular formula is C29H30Cl2Zr. The van der Waals surface area contributed by atoms with Crippen LogP contribution in [-0.2, 0) is 23.2 Å². The van der Waals surface area contributed by atoms with Gasteiger partial charge < -0.3 is 24.8 Å². The van der Waals surface area contributed by atoms with Gasteiger partial charge in [-0.15, -0.1) is 0 Å². The van der Waals surface area contributed by atoms with Crippen LogP contribution in [0.25, 0.3) is 11.1 Å². The van der Waals surface area contributed by atoms with Crippen LogP contribution in [0.2, 0.25) is 0 Å². The van der Waals surface area contributed by atoms with Crippen LogP contribution in [0.4, 0.5) is 0 Å². The summed E-state index contributed by atoms with van der Waals surface area (Å²) in [4.78, 5) is 0. The SMILES string of the molecule is CC1C=CC(C23CC4CC(CC(C4)C2)C3)=[C]1[Zr+2][CH]1c2ccccc2-c2ccccc21.[Cl-].[Cl-]. The number of allylic oxidation sites excluding steroid dienone is 4. The van der Waals surface area contributed by atoms with Gasteiger partial charge in [0, 0.05) is 0 Å². The first-order chi connectivity index (χ1) is 14.7. The fraction of sp³-hybridized carbons (Fsp3) is 0.448. The van der Waals surface area contributed by atoms with Gasteiger partial charge in [-0.3, -0.25) is 0 Å². The number of rotatable bonds is 3. The predicted molar refractivity (Wildman–Crippen MR) is 120 cm³/mol. The van der Waals surface area contributed by atoms with Gasteiger partial charge in [0.15, 0.2) is 0 Å². The van der Waals surface area contributed by atoms with Crippen LogP contribution in [-0.4, -0.2) is 0 Å². The summed E-state index contributed by atoms with van der Waals surface area (Å²) < 4.78 is 2.64. The van der Waals surface area contributed by atoms with E-state index in [1.54, 1.807) is 30.4 Å². The molecule has 164 valence electrons. The Balaban J connectivity index is 0.00000108. The maximum Gasteiger partial charge on any atom is -1.00 e. The van der Waals surface area contributed by atoms with E-state index in [0.29, 0.717) is 15.0 Å². The zero-order valence-electron chi connectivity index (χ0n) is 18.7. The van der Waals surface area contributed by atoms with E-state index in [9.17, 15) is 0 Å². The Morgan fingerprint density at radius 1 is 0.750 bits per heavy atom. The van der Waals surface area contributed by atoms with E-state index >= 15 is 0 Å². The molecule has 4 saturated carbocycles. The molecule has 1 atom stereocenters. The Hall–Kier alpha value is -0.617. The maximum atomic E-state index is 2.63. The number of hydrogen-bond donors (Lipinski definition) is 0. The minimum Gasteiger partial charge on any atom is -1.00 e. The van der Waals surface area contributed by atoms with Crippen molar-refractivity contribution in [3.8, 4) is 11.1 Å². The molecule has 2 aromatic rings. The van der Waals surface area contributed by atoms with Crippen LogP contribution in [0.3, 0.4) is 0 Å². The van der Waals surface area contributed by atoms with Crippen molar-refractivity contribution in [3.05, 3.63) is 80.7 Å². The summed E-state index contributed by atoms with van der Waals surface area (Å²) in [6.07, 6.45) is 14.3. The second-order valence-corrected chi connectivity index (χ2v) is 14.4. The van der Waals surface area contributed by atoms with E-state index in [2.05, 4.69) is 67.6 Å². The monoisotopic (exact) mass is 538 g/mol. The molecule has 0 heterocycles. The summed E-state index contributed by atoms with van der Waals surface area (Å²) >= 11 is -0.781. The standard InChI is InChI=1S/C16H21.C13H9.2ClH.Zr/c1-11-2-3-15(4-11)16-8-12-5-13(9-16)7-14(6-12)10-16;1-3-7-12-10(5-1)9-11-6-2-4-8-13(11)12;;;/h2-3,11-14H,5-10H2,1H3;1-9H;2*1H;/q;;;;+2/p-2. The Morgan fingerprint density at radius 2 is 1.25 bits per heavy atom. The zero-order chi connectivity index (χ0) is 19.9. The fourth-order valence-electron chi connectivity index (χ4n) is 8.25. The first-order valence-corrected chi connectivity index (χ1v) is 14.7. The van der Waals surface area contributed by atoms with Gasteiger partial charge >= 0.3 is 193 Å². The molecule has 6 aliphatic rings. The van der Waals surface area contributed by atoms with Crippen molar-refractivity contribution in [3.63, 3.8) is 0 Å². The summed E-state index contributed by atoms with van der Waals surface area (Å²) in [6, 6.07) is 18.6. The molecule has 4 bridgehead atoms. The van der Waals surface area contributed by atoms with Crippen LogP contribution in [0, 0.1) is 29.1 Å². The number of fused-ring (bicyclic) bond motifs is 3. The van der Waals surface area contributed by atoms with Crippen molar-refractivity contribution in [1.82, 2.24) is 0 Å². The van der Waals surface area contributed by atoms with E-state index in [0.717, 1.165) is 17.8 Å². The summed E-state index contributed by atoms with van der Waals surface area (Å²) in [5.74, 6) is 3.78. The van der Waals surface area contributed by atoms with Crippen molar-refractivity contribution in [2.24, 2.45) is 29.1 Å². The van der Waals surface area contributed by atoms with Gasteiger partial charge in [-0.25, -0.2) is 0 Å². The second-order valence-electron chi connectivity index (χ2n) is 10.9. The number of hydrogen-bond acceptors (Lipinski definition) is 0. The van der Waals surface area contributed by atoms with Crippen LogP contribution >= 0.6 is 0 Å². The third-order valence-corrected chi connectivity index (χ3v) is 13.8. The predicted octanol–water partition coefficient (Wildman–Crippen LogP) is 1.52. The van der Waals surface area contributed by atoms with Crippen LogP contribution in [0.1, 0.15) is 60.2 Å². The first kappa shape index (κ1) is 23.1. The first-order valence-electron chi connectivity index (χ1n) is 12.1. The van der Waals surface area contributed by atoms with Crippen molar-refractivity contribution >= 4 is 0 Å². The van der Waals surface area contributed by atoms with E-state index in [-0.39, 0.29) is 24.8 Å². The number of benzene rings is 2. The average molecular weight is 541 g/mol. The molecule has 32 heavy (non-hydrogen) atoms. The summed E-state index contributed by atoms with van der Waals surface area (Å²) in [7, 11) is 0. The Labute approximate surface area is 216 Å². The van der Waals surface area contributed by atoms with Crippen molar-refractivity contribution in [1.29, 1.82) is 0 Å². The average Bonchev–Trinajstić information content (AvgIpc) is 3.27. The molecular weight excluding hydrogens is 510 g/mol. The summed E-state index contributed by atoms with van der Waals surface area (Å²) in [5, 5.41) is 0. The van der Waals surface area contributed by atoms with Gasteiger partial charge in [0.2, 0.25) is 0 Å². The molecule has 2 aromatic carbocycles. The molecule has 0 nitrogen and oxygen atoms in total. The molecule has 1 unspecified atom stereocenters. The van der Waals surface area contributed by atoms with Gasteiger partial charge in [0.25, 0.3) is 0 Å². The summed E-state index contributed by atoms with van der Waals surface area (Å²) in [5.41, 5.74) is 8.69. The Bertz CT molecular complexity index is 1020. The van der Waals surface area contributed by atoms with Gasteiger partial charge in [-0.05, 0) is 0 Å². The van der Waals surface area contributed by atoms with Crippen LogP contribution < -0.4 is 24.8 Å². The molecule has 0 aromatic heterocycles. The number of halogens is 2. The van der Waals surface area contributed by atoms with Crippen molar-refractivity contribution in [2.45, 2.75) is 49.1 Å². The Kier molecular flexibility index (Phi) is 6.18. The fourth-order valence-corrected chi connectivity index (χ4v) is 13.1. The molecule has 0 spiro atoms. The third kappa shape index (κ3) is 3.40. The van der Waals surface area contributed by atoms with Gasteiger partial charge in [0.05, 0.1) is 0 Å². The largest absolute Gasteiger partial charge is 1.00 e. The minimum atomic E-state index is -0.781. The molecule has 0 radical (unpaired) electrons. The van der Waals surface area contributed by atoms with Crippen molar-refractivity contribution < 1.29 is 48.0 Å². The minimum absolute atomic E-state index is 0. The third-order valence-electron chi connectivity index (χ3n) is 9.04. The van der Waals surface area contributed by atoms with Crippen molar-refractivity contribution in [2.75, 3.05) is 0 Å². The van der Waals surface area contributed by atoms with E-state index in [4.69, 9.17) is 0 Å². The molecule has 0 saturated heterocycles. The van der Waals surface area contributed by atoms with Crippen LogP contribution in [0.15, 0.2) is 69.5 Å². The van der Waals surface area contributed by atoms with E-state index in [1.807, 2.05) is 8.85 Å². The Morgan fingerprint density at radius 3 is 1.78 bits per heavy atom. The molecule has 0 amide bonds. The molecule has 8 rings (SSSR count). The van der Waals surface area contributed by atoms with Gasteiger partial charge in [-0.1, -0.05) is 0 Å².